The number of hydrogen-bond acceptors (Lipinski definition) is 4. The van der Waals surface area contributed by atoms with E-state index in [-0.39, 0.29) is 24.0 Å². The summed E-state index contributed by atoms with van der Waals surface area (Å²) in [5.74, 6) is -2.21. The quantitative estimate of drug-likeness (QED) is 0.501. The lowest BCUT2D eigenvalue weighted by molar-refractivity contribution is -0.140. The summed E-state index contributed by atoms with van der Waals surface area (Å²) in [6.45, 7) is 0.834. The van der Waals surface area contributed by atoms with Gasteiger partial charge in [-0.25, -0.2) is 4.39 Å². The van der Waals surface area contributed by atoms with Gasteiger partial charge < -0.3 is 14.7 Å². The molecule has 2 aliphatic heterocycles. The van der Waals surface area contributed by atoms with Gasteiger partial charge in [0.2, 0.25) is 0 Å². The number of nitrogens with zero attached hydrogens (tertiary/aromatic N) is 1. The van der Waals surface area contributed by atoms with Crippen molar-refractivity contribution in [2.45, 2.75) is 25.0 Å². The molecular weight excluding hydrogens is 361 g/mol. The number of amides is 1. The molecule has 1 N–H and O–H groups in total. The number of benzene rings is 2. The zero-order chi connectivity index (χ0) is 19.7. The molecular formula is C22H20FNO4. The van der Waals surface area contributed by atoms with Gasteiger partial charge in [0, 0.05) is 18.7 Å². The number of rotatable bonds is 4. The van der Waals surface area contributed by atoms with Gasteiger partial charge in [0.25, 0.3) is 11.7 Å². The summed E-state index contributed by atoms with van der Waals surface area (Å²) in [4.78, 5) is 27.0. The molecule has 0 unspecified atom stereocenters. The molecule has 4 rings (SSSR count). The molecule has 5 nitrogen and oxygen atoms in total. The van der Waals surface area contributed by atoms with Crippen LogP contribution >= 0.6 is 0 Å². The molecule has 2 aromatic rings. The Morgan fingerprint density at radius 1 is 1.14 bits per heavy atom. The highest BCUT2D eigenvalue weighted by atomic mass is 19.1. The molecule has 2 aliphatic rings. The summed E-state index contributed by atoms with van der Waals surface area (Å²) in [6.07, 6.45) is 1.51. The Balaban J connectivity index is 1.83. The van der Waals surface area contributed by atoms with Crippen molar-refractivity contribution in [2.75, 3.05) is 13.2 Å². The molecule has 2 fully saturated rings. The van der Waals surface area contributed by atoms with Crippen LogP contribution in [0.5, 0.6) is 0 Å². The van der Waals surface area contributed by atoms with Gasteiger partial charge >= 0.3 is 0 Å². The maximum atomic E-state index is 13.9. The van der Waals surface area contributed by atoms with E-state index in [9.17, 15) is 19.1 Å². The zero-order valence-corrected chi connectivity index (χ0v) is 15.2. The summed E-state index contributed by atoms with van der Waals surface area (Å²) in [7, 11) is 0. The van der Waals surface area contributed by atoms with Crippen molar-refractivity contribution < 1.29 is 23.8 Å². The first-order valence-corrected chi connectivity index (χ1v) is 9.27. The van der Waals surface area contributed by atoms with Crippen LogP contribution in [0.4, 0.5) is 4.39 Å². The molecule has 1 amide bonds. The molecule has 2 saturated heterocycles. The Morgan fingerprint density at radius 3 is 2.61 bits per heavy atom. The second kappa shape index (κ2) is 7.56. The fourth-order valence-corrected chi connectivity index (χ4v) is 3.85. The predicted octanol–water partition coefficient (Wildman–Crippen LogP) is 3.43. The third-order valence-corrected chi connectivity index (χ3v) is 5.18. The first kappa shape index (κ1) is 18.4. The summed E-state index contributed by atoms with van der Waals surface area (Å²) < 4.78 is 19.5. The molecule has 6 heteroatoms. The standard InChI is InChI=1S/C22H20FNO4/c23-16-9-4-8-15(12-16)19-18(20(25)14-6-2-1-3-7-14)21(26)22(27)24(19)13-17-10-5-11-28-17/h1-4,6-9,12,17,19,25H,5,10-11,13H2/b20-18+/t17-,19+/m0/s1. The van der Waals surface area contributed by atoms with Crippen molar-refractivity contribution in [3.63, 3.8) is 0 Å². The molecule has 0 saturated carbocycles. The second-order valence-corrected chi connectivity index (χ2v) is 7.01. The summed E-state index contributed by atoms with van der Waals surface area (Å²) in [5, 5.41) is 10.8. The lowest BCUT2D eigenvalue weighted by Gasteiger charge is -2.27. The molecule has 144 valence electrons. The van der Waals surface area contributed by atoms with Crippen LogP contribution in [0.25, 0.3) is 5.76 Å². The van der Waals surface area contributed by atoms with Gasteiger partial charge in [0.15, 0.2) is 0 Å². The van der Waals surface area contributed by atoms with E-state index in [1.54, 1.807) is 36.4 Å². The Bertz CT molecular complexity index is 935. The molecule has 28 heavy (non-hydrogen) atoms. The summed E-state index contributed by atoms with van der Waals surface area (Å²) in [6, 6.07) is 13.5. The van der Waals surface area contributed by atoms with Gasteiger partial charge in [-0.15, -0.1) is 0 Å². The Labute approximate surface area is 162 Å². The minimum atomic E-state index is -0.861. The SMILES string of the molecule is O=C1C(=O)N(C[C@@H]2CCCO2)[C@H](c2cccc(F)c2)/C1=C(\O)c1ccccc1. The van der Waals surface area contributed by atoms with Gasteiger partial charge in [-0.1, -0.05) is 42.5 Å². The van der Waals surface area contributed by atoms with Crippen molar-refractivity contribution >= 4 is 17.4 Å². The number of carbonyl (C=O) groups excluding carboxylic acids is 2. The first-order chi connectivity index (χ1) is 13.6. The molecule has 2 atom stereocenters. The van der Waals surface area contributed by atoms with Crippen LogP contribution in [0.1, 0.15) is 30.0 Å². The van der Waals surface area contributed by atoms with Crippen molar-refractivity contribution in [1.82, 2.24) is 4.90 Å². The minimum Gasteiger partial charge on any atom is -0.507 e. The van der Waals surface area contributed by atoms with Crippen LogP contribution in [0, 0.1) is 5.82 Å². The molecule has 0 aliphatic carbocycles. The van der Waals surface area contributed by atoms with E-state index in [1.165, 1.54) is 23.1 Å². The largest absolute Gasteiger partial charge is 0.507 e. The highest BCUT2D eigenvalue weighted by Gasteiger charge is 2.47. The molecule has 0 aromatic heterocycles. The monoisotopic (exact) mass is 381 g/mol. The number of aliphatic hydroxyl groups is 1. The van der Waals surface area contributed by atoms with E-state index >= 15 is 0 Å². The van der Waals surface area contributed by atoms with E-state index in [2.05, 4.69) is 0 Å². The highest BCUT2D eigenvalue weighted by molar-refractivity contribution is 6.46. The van der Waals surface area contributed by atoms with Gasteiger partial charge in [0.05, 0.1) is 17.7 Å². The third-order valence-electron chi connectivity index (χ3n) is 5.18. The van der Waals surface area contributed by atoms with E-state index in [4.69, 9.17) is 4.74 Å². The number of carbonyl (C=O) groups is 2. The smallest absolute Gasteiger partial charge is 0.295 e. The minimum absolute atomic E-state index is 0.0280. The van der Waals surface area contributed by atoms with Crippen LogP contribution < -0.4 is 0 Å². The van der Waals surface area contributed by atoms with E-state index < -0.39 is 23.5 Å². The summed E-state index contributed by atoms with van der Waals surface area (Å²) in [5.41, 5.74) is 0.841. The molecule has 0 radical (unpaired) electrons. The number of aliphatic hydroxyl groups excluding tert-OH is 1. The topological polar surface area (TPSA) is 66.8 Å². The number of ether oxygens (including phenoxy) is 1. The maximum absolute atomic E-state index is 13.9. The van der Waals surface area contributed by atoms with Crippen molar-refractivity contribution in [3.05, 3.63) is 77.1 Å². The third kappa shape index (κ3) is 3.31. The molecule has 0 spiro atoms. The number of ketones is 1. The van der Waals surface area contributed by atoms with E-state index in [1.807, 2.05) is 0 Å². The zero-order valence-electron chi connectivity index (χ0n) is 15.2. The Hall–Kier alpha value is -2.99. The Kier molecular flexibility index (Phi) is 4.96. The lowest BCUT2D eigenvalue weighted by Crippen LogP contribution is -2.36. The van der Waals surface area contributed by atoms with Crippen molar-refractivity contribution in [2.24, 2.45) is 0 Å². The average Bonchev–Trinajstić information content (AvgIpc) is 3.30. The maximum Gasteiger partial charge on any atom is 0.295 e. The van der Waals surface area contributed by atoms with Crippen LogP contribution in [0.2, 0.25) is 0 Å². The molecule has 0 bridgehead atoms. The fraction of sp³-hybridized carbons (Fsp3) is 0.273. The van der Waals surface area contributed by atoms with E-state index in [0.29, 0.717) is 17.7 Å². The number of halogens is 1. The fourth-order valence-electron chi connectivity index (χ4n) is 3.85. The van der Waals surface area contributed by atoms with Crippen LogP contribution in [-0.2, 0) is 14.3 Å². The molecule has 2 heterocycles. The van der Waals surface area contributed by atoms with E-state index in [0.717, 1.165) is 12.8 Å². The van der Waals surface area contributed by atoms with Crippen LogP contribution in [0.3, 0.4) is 0 Å². The van der Waals surface area contributed by atoms with Crippen molar-refractivity contribution in [1.29, 1.82) is 0 Å². The number of Topliss-reactive ketones (excluding diaryl/α,β-unsaturated/α-hetero) is 1. The van der Waals surface area contributed by atoms with Crippen LogP contribution in [-0.4, -0.2) is 41.0 Å². The van der Waals surface area contributed by atoms with Crippen LogP contribution in [0.15, 0.2) is 60.2 Å². The first-order valence-electron chi connectivity index (χ1n) is 9.27. The normalized spacial score (nSPS) is 24.1. The van der Waals surface area contributed by atoms with Gasteiger partial charge in [0.1, 0.15) is 11.6 Å². The number of likely N-dealkylation sites (tertiary alicyclic amines) is 1. The number of hydrogen-bond donors (Lipinski definition) is 1. The lowest BCUT2D eigenvalue weighted by atomic mass is 9.95. The average molecular weight is 381 g/mol. The Morgan fingerprint density at radius 2 is 1.93 bits per heavy atom. The summed E-state index contributed by atoms with van der Waals surface area (Å²) >= 11 is 0. The van der Waals surface area contributed by atoms with Gasteiger partial charge in [-0.3, -0.25) is 9.59 Å². The predicted molar refractivity (Wildman–Crippen MR) is 101 cm³/mol. The van der Waals surface area contributed by atoms with Gasteiger partial charge in [-0.05, 0) is 30.5 Å². The second-order valence-electron chi connectivity index (χ2n) is 7.01. The van der Waals surface area contributed by atoms with Gasteiger partial charge in [-0.2, -0.15) is 0 Å². The highest BCUT2D eigenvalue weighted by Crippen LogP contribution is 2.40. The molecule has 2 aromatic carbocycles. The van der Waals surface area contributed by atoms with Crippen molar-refractivity contribution in [3.8, 4) is 0 Å².